The normalized spacial score (nSPS) is 11.9. The summed E-state index contributed by atoms with van der Waals surface area (Å²) in [6.07, 6.45) is 2.04. The van der Waals surface area contributed by atoms with Crippen LogP contribution in [0.2, 0.25) is 5.02 Å². The number of carbonyl (C=O) groups excluding carboxylic acids is 1. The predicted molar refractivity (Wildman–Crippen MR) is 77.4 cm³/mol. The molecule has 1 aromatic carbocycles. The Hall–Kier alpha value is -2.34. The Labute approximate surface area is 125 Å². The third-order valence-electron chi connectivity index (χ3n) is 2.88. The first kappa shape index (κ1) is 15.1. The second-order valence-corrected chi connectivity index (χ2v) is 4.96. The quantitative estimate of drug-likeness (QED) is 0.679. The van der Waals surface area contributed by atoms with Crippen molar-refractivity contribution < 1.29 is 14.1 Å². The van der Waals surface area contributed by atoms with Crippen molar-refractivity contribution in [3.63, 3.8) is 0 Å². The van der Waals surface area contributed by atoms with Gasteiger partial charge in [-0.1, -0.05) is 17.7 Å². The lowest BCUT2D eigenvalue weighted by atomic mass is 10.1. The van der Waals surface area contributed by atoms with Gasteiger partial charge in [0, 0.05) is 12.5 Å². The molecule has 1 amide bonds. The Morgan fingerprint density at radius 1 is 1.43 bits per heavy atom. The second-order valence-electron chi connectivity index (χ2n) is 4.55. The molecule has 1 unspecified atom stereocenters. The average molecular weight is 309 g/mol. The van der Waals surface area contributed by atoms with Gasteiger partial charge in [0.2, 0.25) is 0 Å². The molecule has 7 heteroatoms. The van der Waals surface area contributed by atoms with Gasteiger partial charge in [-0.3, -0.25) is 14.9 Å². The number of hydrogen-bond donors (Lipinski definition) is 1. The SMILES string of the molecule is CC(Cc1ccco1)NC(=O)c1cccc(Cl)c1[N+](=O)[O-]. The molecule has 1 N–H and O–H groups in total. The molecule has 0 saturated carbocycles. The molecule has 6 nitrogen and oxygen atoms in total. The Balaban J connectivity index is 2.13. The molecule has 1 aromatic heterocycles. The highest BCUT2D eigenvalue weighted by atomic mass is 35.5. The zero-order chi connectivity index (χ0) is 15.4. The number of amides is 1. The molecule has 1 heterocycles. The van der Waals surface area contributed by atoms with E-state index in [2.05, 4.69) is 5.32 Å². The zero-order valence-corrected chi connectivity index (χ0v) is 12.0. The fourth-order valence-corrected chi connectivity index (χ4v) is 2.21. The monoisotopic (exact) mass is 308 g/mol. The van der Waals surface area contributed by atoms with Gasteiger partial charge in [0.15, 0.2) is 0 Å². The minimum atomic E-state index is -0.658. The van der Waals surface area contributed by atoms with E-state index in [0.29, 0.717) is 6.42 Å². The van der Waals surface area contributed by atoms with Gasteiger partial charge in [-0.25, -0.2) is 0 Å². The van der Waals surface area contributed by atoms with Gasteiger partial charge in [0.1, 0.15) is 16.3 Å². The summed E-state index contributed by atoms with van der Waals surface area (Å²) >= 11 is 5.78. The van der Waals surface area contributed by atoms with Crippen molar-refractivity contribution in [2.75, 3.05) is 0 Å². The molecule has 0 aliphatic carbocycles. The van der Waals surface area contributed by atoms with Crippen molar-refractivity contribution in [3.8, 4) is 0 Å². The number of nitro benzene ring substituents is 1. The van der Waals surface area contributed by atoms with Crippen molar-refractivity contribution in [2.24, 2.45) is 0 Å². The second kappa shape index (κ2) is 6.41. The minimum absolute atomic E-state index is 0.0567. The van der Waals surface area contributed by atoms with Crippen molar-refractivity contribution in [2.45, 2.75) is 19.4 Å². The van der Waals surface area contributed by atoms with Crippen LogP contribution < -0.4 is 5.32 Å². The Kier molecular flexibility index (Phi) is 4.59. The van der Waals surface area contributed by atoms with Crippen LogP contribution in [0.5, 0.6) is 0 Å². The fourth-order valence-electron chi connectivity index (χ4n) is 1.97. The van der Waals surface area contributed by atoms with Crippen molar-refractivity contribution in [1.82, 2.24) is 5.32 Å². The van der Waals surface area contributed by atoms with Gasteiger partial charge < -0.3 is 9.73 Å². The number of halogens is 1. The average Bonchev–Trinajstić information content (AvgIpc) is 2.90. The number of para-hydroxylation sites is 1. The van der Waals surface area contributed by atoms with Gasteiger partial charge in [-0.15, -0.1) is 0 Å². The minimum Gasteiger partial charge on any atom is -0.469 e. The van der Waals surface area contributed by atoms with E-state index in [1.54, 1.807) is 25.3 Å². The summed E-state index contributed by atoms with van der Waals surface area (Å²) in [6, 6.07) is 7.57. The van der Waals surface area contributed by atoms with E-state index in [4.69, 9.17) is 16.0 Å². The van der Waals surface area contributed by atoms with Gasteiger partial charge in [0.05, 0.1) is 11.2 Å². The van der Waals surface area contributed by atoms with Crippen molar-refractivity contribution >= 4 is 23.2 Å². The van der Waals surface area contributed by atoms with Gasteiger partial charge in [0.25, 0.3) is 5.91 Å². The number of rotatable bonds is 5. The number of nitrogens with one attached hydrogen (secondary N) is 1. The van der Waals surface area contributed by atoms with E-state index in [9.17, 15) is 14.9 Å². The molecule has 2 aromatic rings. The maximum Gasteiger partial charge on any atom is 0.300 e. The van der Waals surface area contributed by atoms with Crippen LogP contribution in [-0.4, -0.2) is 16.9 Å². The van der Waals surface area contributed by atoms with Gasteiger partial charge in [-0.2, -0.15) is 0 Å². The van der Waals surface area contributed by atoms with Crippen molar-refractivity contribution in [1.29, 1.82) is 0 Å². The van der Waals surface area contributed by atoms with Crippen LogP contribution in [-0.2, 0) is 6.42 Å². The summed E-state index contributed by atoms with van der Waals surface area (Å²) in [7, 11) is 0. The van der Waals surface area contributed by atoms with Gasteiger partial charge >= 0.3 is 5.69 Å². The van der Waals surface area contributed by atoms with Crippen LogP contribution in [0.25, 0.3) is 0 Å². The highest BCUT2D eigenvalue weighted by Gasteiger charge is 2.24. The largest absolute Gasteiger partial charge is 0.469 e. The first-order chi connectivity index (χ1) is 9.99. The Morgan fingerprint density at radius 3 is 2.81 bits per heavy atom. The fraction of sp³-hybridized carbons (Fsp3) is 0.214. The topological polar surface area (TPSA) is 85.4 Å². The van der Waals surface area contributed by atoms with Crippen LogP contribution in [0.3, 0.4) is 0 Å². The summed E-state index contributed by atoms with van der Waals surface area (Å²) < 4.78 is 5.19. The number of nitrogens with zero attached hydrogens (tertiary/aromatic N) is 1. The molecule has 110 valence electrons. The van der Waals surface area contributed by atoms with Crippen LogP contribution in [0.1, 0.15) is 23.0 Å². The molecular formula is C14H13ClN2O4. The van der Waals surface area contributed by atoms with E-state index in [0.717, 1.165) is 5.76 Å². The number of benzene rings is 1. The molecule has 0 fully saturated rings. The van der Waals surface area contributed by atoms with Gasteiger partial charge in [-0.05, 0) is 31.2 Å². The number of furan rings is 1. The standard InChI is InChI=1S/C14H13ClN2O4/c1-9(8-10-4-3-7-21-10)16-14(18)11-5-2-6-12(15)13(11)17(19)20/h2-7,9H,8H2,1H3,(H,16,18). The highest BCUT2D eigenvalue weighted by Crippen LogP contribution is 2.28. The van der Waals surface area contributed by atoms with Crippen LogP contribution >= 0.6 is 11.6 Å². The number of nitro groups is 1. The maximum absolute atomic E-state index is 12.2. The lowest BCUT2D eigenvalue weighted by molar-refractivity contribution is -0.385. The molecule has 1 atom stereocenters. The van der Waals surface area contributed by atoms with E-state index in [1.807, 2.05) is 0 Å². The smallest absolute Gasteiger partial charge is 0.300 e. The number of carbonyl (C=O) groups is 1. The third-order valence-corrected chi connectivity index (χ3v) is 3.18. The first-order valence-electron chi connectivity index (χ1n) is 6.25. The molecule has 0 spiro atoms. The summed E-state index contributed by atoms with van der Waals surface area (Å²) in [6.45, 7) is 1.79. The molecule has 0 radical (unpaired) electrons. The zero-order valence-electron chi connectivity index (χ0n) is 11.2. The van der Waals surface area contributed by atoms with E-state index >= 15 is 0 Å². The van der Waals surface area contributed by atoms with E-state index in [-0.39, 0.29) is 22.3 Å². The van der Waals surface area contributed by atoms with Crippen LogP contribution in [0, 0.1) is 10.1 Å². The highest BCUT2D eigenvalue weighted by molar-refractivity contribution is 6.33. The number of hydrogen-bond acceptors (Lipinski definition) is 4. The summed E-state index contributed by atoms with van der Waals surface area (Å²) in [4.78, 5) is 22.5. The van der Waals surface area contributed by atoms with E-state index in [1.165, 1.54) is 18.2 Å². The lowest BCUT2D eigenvalue weighted by Crippen LogP contribution is -2.34. The van der Waals surface area contributed by atoms with E-state index < -0.39 is 10.8 Å². The summed E-state index contributed by atoms with van der Waals surface area (Å²) in [5, 5.41) is 13.6. The molecule has 0 bridgehead atoms. The Bertz CT molecular complexity index is 655. The molecule has 2 rings (SSSR count). The lowest BCUT2D eigenvalue weighted by Gasteiger charge is -2.12. The predicted octanol–water partition coefficient (Wildman–Crippen LogP) is 3.20. The first-order valence-corrected chi connectivity index (χ1v) is 6.63. The molecular weight excluding hydrogens is 296 g/mol. The van der Waals surface area contributed by atoms with Crippen LogP contribution in [0.4, 0.5) is 5.69 Å². The maximum atomic E-state index is 12.2. The van der Waals surface area contributed by atoms with Crippen LogP contribution in [0.15, 0.2) is 41.0 Å². The molecule has 21 heavy (non-hydrogen) atoms. The molecule has 0 aliphatic heterocycles. The Morgan fingerprint density at radius 2 is 2.19 bits per heavy atom. The summed E-state index contributed by atoms with van der Waals surface area (Å²) in [5.41, 5.74) is -0.444. The van der Waals surface area contributed by atoms with Crippen molar-refractivity contribution in [3.05, 3.63) is 63.1 Å². The molecule has 0 saturated heterocycles. The summed E-state index contributed by atoms with van der Waals surface area (Å²) in [5.74, 6) is 0.187. The molecule has 0 aliphatic rings. The third kappa shape index (κ3) is 3.61.